The second kappa shape index (κ2) is 6.42. The number of hydrogen-bond donors (Lipinski definition) is 2. The van der Waals surface area contributed by atoms with Crippen LogP contribution in [0.1, 0.15) is 41.2 Å². The van der Waals surface area contributed by atoms with Gasteiger partial charge in [-0.25, -0.2) is 0 Å². The van der Waals surface area contributed by atoms with E-state index in [-0.39, 0.29) is 5.91 Å². The van der Waals surface area contributed by atoms with E-state index in [1.54, 1.807) is 6.07 Å². The summed E-state index contributed by atoms with van der Waals surface area (Å²) in [6, 6.07) is 11.0. The Labute approximate surface area is 149 Å². The van der Waals surface area contributed by atoms with Gasteiger partial charge >= 0.3 is 0 Å². The molecule has 25 heavy (non-hydrogen) atoms. The van der Waals surface area contributed by atoms with E-state index in [2.05, 4.69) is 15.5 Å². The SMILES string of the molecule is NC1(c2noc(-c3ccccc3NC(=O)c3cccs3)n2)CCCC1. The van der Waals surface area contributed by atoms with Crippen molar-refractivity contribution < 1.29 is 9.32 Å². The number of nitrogens with one attached hydrogen (secondary N) is 1. The molecule has 0 saturated heterocycles. The minimum atomic E-state index is -0.503. The quantitative estimate of drug-likeness (QED) is 0.743. The maximum absolute atomic E-state index is 12.3. The summed E-state index contributed by atoms with van der Waals surface area (Å²) in [6.07, 6.45) is 3.88. The summed E-state index contributed by atoms with van der Waals surface area (Å²) in [6.45, 7) is 0. The number of amides is 1. The average Bonchev–Trinajstić information content (AvgIpc) is 3.37. The Kier molecular flexibility index (Phi) is 4.10. The van der Waals surface area contributed by atoms with Gasteiger partial charge in [0.2, 0.25) is 0 Å². The summed E-state index contributed by atoms with van der Waals surface area (Å²) < 4.78 is 5.45. The largest absolute Gasteiger partial charge is 0.334 e. The lowest BCUT2D eigenvalue weighted by Crippen LogP contribution is -2.34. The van der Waals surface area contributed by atoms with E-state index >= 15 is 0 Å². The lowest BCUT2D eigenvalue weighted by atomic mass is 9.98. The lowest BCUT2D eigenvalue weighted by Gasteiger charge is -2.17. The fraction of sp³-hybridized carbons (Fsp3) is 0.278. The van der Waals surface area contributed by atoms with Crippen molar-refractivity contribution in [2.45, 2.75) is 31.2 Å². The van der Waals surface area contributed by atoms with Crippen LogP contribution in [0.3, 0.4) is 0 Å². The third kappa shape index (κ3) is 3.08. The number of aromatic nitrogens is 2. The van der Waals surface area contributed by atoms with Crippen LogP contribution in [0.4, 0.5) is 5.69 Å². The molecule has 1 aliphatic carbocycles. The highest BCUT2D eigenvalue weighted by Crippen LogP contribution is 2.36. The van der Waals surface area contributed by atoms with Crippen molar-refractivity contribution in [2.24, 2.45) is 5.73 Å². The number of carbonyl (C=O) groups excluding carboxylic acids is 1. The van der Waals surface area contributed by atoms with Crippen molar-refractivity contribution in [1.29, 1.82) is 0 Å². The van der Waals surface area contributed by atoms with Crippen molar-refractivity contribution in [3.8, 4) is 11.5 Å². The highest BCUT2D eigenvalue weighted by molar-refractivity contribution is 7.12. The van der Waals surface area contributed by atoms with Crippen LogP contribution in [0, 0.1) is 0 Å². The summed E-state index contributed by atoms with van der Waals surface area (Å²) in [5.74, 6) is 0.751. The van der Waals surface area contributed by atoms with E-state index in [1.807, 2.05) is 35.7 Å². The molecule has 7 heteroatoms. The third-order valence-corrected chi connectivity index (χ3v) is 5.39. The van der Waals surface area contributed by atoms with Crippen molar-refractivity contribution in [3.63, 3.8) is 0 Å². The zero-order valence-corrected chi connectivity index (χ0v) is 14.4. The number of nitrogens with two attached hydrogens (primary N) is 1. The van der Waals surface area contributed by atoms with Crippen LogP contribution in [-0.4, -0.2) is 16.0 Å². The maximum atomic E-state index is 12.3. The molecular formula is C18H18N4O2S. The van der Waals surface area contributed by atoms with Crippen LogP contribution in [0.15, 0.2) is 46.3 Å². The van der Waals surface area contributed by atoms with Gasteiger partial charge in [0, 0.05) is 0 Å². The van der Waals surface area contributed by atoms with Crippen molar-refractivity contribution in [3.05, 3.63) is 52.5 Å². The predicted octanol–water partition coefficient (Wildman–Crippen LogP) is 3.78. The summed E-state index contributed by atoms with van der Waals surface area (Å²) in [4.78, 5) is 17.5. The molecule has 4 rings (SSSR count). The Morgan fingerprint density at radius 1 is 1.20 bits per heavy atom. The van der Waals surface area contributed by atoms with Gasteiger partial charge in [-0.3, -0.25) is 4.79 Å². The van der Waals surface area contributed by atoms with E-state index in [9.17, 15) is 4.79 Å². The zero-order chi connectivity index (χ0) is 17.3. The molecule has 1 amide bonds. The molecule has 3 N–H and O–H groups in total. The molecule has 0 bridgehead atoms. The van der Waals surface area contributed by atoms with Crippen LogP contribution in [0.2, 0.25) is 0 Å². The topological polar surface area (TPSA) is 94.0 Å². The smallest absolute Gasteiger partial charge is 0.265 e. The maximum Gasteiger partial charge on any atom is 0.265 e. The lowest BCUT2D eigenvalue weighted by molar-refractivity contribution is 0.103. The Bertz CT molecular complexity index is 882. The molecule has 6 nitrogen and oxygen atoms in total. The van der Waals surface area contributed by atoms with E-state index in [1.165, 1.54) is 11.3 Å². The van der Waals surface area contributed by atoms with E-state index in [0.717, 1.165) is 25.7 Å². The summed E-state index contributed by atoms with van der Waals surface area (Å²) in [5, 5.41) is 8.88. The molecule has 0 unspecified atom stereocenters. The molecule has 3 aromatic rings. The van der Waals surface area contributed by atoms with Gasteiger partial charge in [0.05, 0.1) is 21.7 Å². The molecule has 1 saturated carbocycles. The standard InChI is InChI=1S/C18H18N4O2S/c19-18(9-3-4-10-18)17-21-16(24-22-17)12-6-1-2-7-13(12)20-15(23)14-8-5-11-25-14/h1-2,5-8,11H,3-4,9-10,19H2,(H,20,23). The number of carbonyl (C=O) groups is 1. The van der Waals surface area contributed by atoms with Crippen LogP contribution in [0.25, 0.3) is 11.5 Å². The molecule has 0 spiro atoms. The summed E-state index contributed by atoms with van der Waals surface area (Å²) >= 11 is 1.39. The van der Waals surface area contributed by atoms with Gasteiger partial charge in [0.25, 0.3) is 11.8 Å². The molecule has 0 radical (unpaired) electrons. The molecule has 128 valence electrons. The van der Waals surface area contributed by atoms with Crippen molar-refractivity contribution >= 4 is 22.9 Å². The second-order valence-corrected chi connectivity index (χ2v) is 7.21. The molecule has 0 aliphatic heterocycles. The molecular weight excluding hydrogens is 336 g/mol. The minimum absolute atomic E-state index is 0.159. The van der Waals surface area contributed by atoms with Crippen molar-refractivity contribution in [2.75, 3.05) is 5.32 Å². The van der Waals surface area contributed by atoms with E-state index in [4.69, 9.17) is 10.3 Å². The normalized spacial score (nSPS) is 16.0. The van der Waals surface area contributed by atoms with Gasteiger partial charge in [0.15, 0.2) is 5.82 Å². The first-order valence-corrected chi connectivity index (χ1v) is 9.11. The Morgan fingerprint density at radius 3 is 2.76 bits per heavy atom. The fourth-order valence-corrected chi connectivity index (χ4v) is 3.75. The van der Waals surface area contributed by atoms with E-state index in [0.29, 0.717) is 27.8 Å². The molecule has 0 atom stereocenters. The average molecular weight is 354 g/mol. The molecule has 1 aliphatic rings. The molecule has 1 fully saturated rings. The van der Waals surface area contributed by atoms with Gasteiger partial charge in [0.1, 0.15) is 0 Å². The van der Waals surface area contributed by atoms with Gasteiger partial charge < -0.3 is 15.6 Å². The number of thiophene rings is 1. The number of para-hydroxylation sites is 1. The number of benzene rings is 1. The van der Waals surface area contributed by atoms with Gasteiger partial charge in [-0.1, -0.05) is 36.2 Å². The van der Waals surface area contributed by atoms with Gasteiger partial charge in [-0.2, -0.15) is 4.98 Å². The van der Waals surface area contributed by atoms with Crippen LogP contribution >= 0.6 is 11.3 Å². The first kappa shape index (κ1) is 16.0. The monoisotopic (exact) mass is 354 g/mol. The Hall–Kier alpha value is -2.51. The van der Waals surface area contributed by atoms with Gasteiger partial charge in [-0.15, -0.1) is 11.3 Å². The minimum Gasteiger partial charge on any atom is -0.334 e. The predicted molar refractivity (Wildman–Crippen MR) is 96.3 cm³/mol. The zero-order valence-electron chi connectivity index (χ0n) is 13.6. The van der Waals surface area contributed by atoms with Crippen LogP contribution < -0.4 is 11.1 Å². The Morgan fingerprint density at radius 2 is 2.00 bits per heavy atom. The van der Waals surface area contributed by atoms with Gasteiger partial charge in [-0.05, 0) is 36.4 Å². The first-order chi connectivity index (χ1) is 12.2. The fourth-order valence-electron chi connectivity index (χ4n) is 3.13. The molecule has 2 heterocycles. The second-order valence-electron chi connectivity index (χ2n) is 6.26. The highest BCUT2D eigenvalue weighted by Gasteiger charge is 2.36. The third-order valence-electron chi connectivity index (χ3n) is 4.52. The summed E-state index contributed by atoms with van der Waals surface area (Å²) in [5.41, 5.74) is 7.22. The van der Waals surface area contributed by atoms with Crippen LogP contribution in [0.5, 0.6) is 0 Å². The molecule has 1 aromatic carbocycles. The highest BCUT2D eigenvalue weighted by atomic mass is 32.1. The Balaban J connectivity index is 1.63. The number of anilines is 1. The van der Waals surface area contributed by atoms with Crippen LogP contribution in [-0.2, 0) is 5.54 Å². The molecule has 2 aromatic heterocycles. The van der Waals surface area contributed by atoms with E-state index < -0.39 is 5.54 Å². The first-order valence-electron chi connectivity index (χ1n) is 8.23. The van der Waals surface area contributed by atoms with Crippen molar-refractivity contribution in [1.82, 2.24) is 10.1 Å². The number of hydrogen-bond acceptors (Lipinski definition) is 6. The summed E-state index contributed by atoms with van der Waals surface area (Å²) in [7, 11) is 0. The number of nitrogens with zero attached hydrogens (tertiary/aromatic N) is 2. The number of rotatable bonds is 4.